The van der Waals surface area contributed by atoms with Crippen molar-refractivity contribution in [1.82, 2.24) is 9.88 Å². The molecule has 0 aliphatic carbocycles. The van der Waals surface area contributed by atoms with Crippen LogP contribution < -0.4 is 15.5 Å². The molecule has 180 valence electrons. The number of benzene rings is 2. The molecule has 0 amide bonds. The van der Waals surface area contributed by atoms with Gasteiger partial charge in [-0.2, -0.15) is 5.26 Å². The fourth-order valence-electron chi connectivity index (χ4n) is 6.08. The molecular weight excluding hydrogens is 436 g/mol. The van der Waals surface area contributed by atoms with Crippen LogP contribution in [0.4, 0.5) is 11.4 Å². The maximum Gasteiger partial charge on any atom is 0.101 e. The number of fused-ring (bicyclic) bond motifs is 3. The molecule has 3 aliphatic rings. The van der Waals surface area contributed by atoms with Gasteiger partial charge in [0.05, 0.1) is 24.3 Å². The van der Waals surface area contributed by atoms with Gasteiger partial charge >= 0.3 is 0 Å². The van der Waals surface area contributed by atoms with Gasteiger partial charge in [0, 0.05) is 73.8 Å². The number of nitrogens with two attached hydrogens (primary N) is 1. The van der Waals surface area contributed by atoms with E-state index in [1.807, 2.05) is 12.1 Å². The Hall–Kier alpha value is -3.18. The Balaban J connectivity index is 1.26. The standard InChI is InChI=1S/C28H32N6O/c1-19-14-33(27-7-5-21(13-29)28-26(27)3-2-8-31-28)17-25-11-20-4-6-24(12-22(20)15-34(19)25)32-9-10-35-18-23(30)16-32/h2-8,12,19,23,25H,9-11,14-18,30H2,1H3/t19-,23?,25+/m1/s1. The largest absolute Gasteiger partial charge is 0.378 e. The van der Waals surface area contributed by atoms with E-state index in [2.05, 4.69) is 63.0 Å². The number of nitriles is 1. The third-order valence-electron chi connectivity index (χ3n) is 7.81. The molecule has 3 aliphatic heterocycles. The van der Waals surface area contributed by atoms with Gasteiger partial charge < -0.3 is 20.3 Å². The smallest absolute Gasteiger partial charge is 0.101 e. The molecule has 35 heavy (non-hydrogen) atoms. The number of aromatic nitrogens is 1. The average Bonchev–Trinajstić information content (AvgIpc) is 3.11. The summed E-state index contributed by atoms with van der Waals surface area (Å²) in [5.41, 5.74) is 13.0. The van der Waals surface area contributed by atoms with E-state index >= 15 is 0 Å². The second-order valence-electron chi connectivity index (χ2n) is 10.2. The lowest BCUT2D eigenvalue weighted by molar-refractivity contribution is 0.101. The first-order chi connectivity index (χ1) is 17.1. The average molecular weight is 469 g/mol. The summed E-state index contributed by atoms with van der Waals surface area (Å²) in [6.45, 7) is 8.33. The molecule has 2 N–H and O–H groups in total. The van der Waals surface area contributed by atoms with Gasteiger partial charge in [0.25, 0.3) is 0 Å². The van der Waals surface area contributed by atoms with E-state index in [-0.39, 0.29) is 6.04 Å². The highest BCUT2D eigenvalue weighted by atomic mass is 16.5. The Kier molecular flexibility index (Phi) is 5.81. The summed E-state index contributed by atoms with van der Waals surface area (Å²) in [4.78, 5) is 12.1. The third kappa shape index (κ3) is 4.12. The monoisotopic (exact) mass is 468 g/mol. The van der Waals surface area contributed by atoms with Crippen molar-refractivity contribution in [1.29, 1.82) is 5.26 Å². The van der Waals surface area contributed by atoms with Crippen molar-refractivity contribution in [2.45, 2.75) is 38.0 Å². The van der Waals surface area contributed by atoms with Crippen LogP contribution in [-0.2, 0) is 17.7 Å². The highest BCUT2D eigenvalue weighted by Gasteiger charge is 2.36. The van der Waals surface area contributed by atoms with Crippen LogP contribution in [0.5, 0.6) is 0 Å². The van der Waals surface area contributed by atoms with Crippen molar-refractivity contribution < 1.29 is 4.74 Å². The zero-order valence-corrected chi connectivity index (χ0v) is 20.2. The second kappa shape index (κ2) is 9.12. The minimum absolute atomic E-state index is 0.0551. The van der Waals surface area contributed by atoms with Crippen LogP contribution in [0, 0.1) is 11.3 Å². The van der Waals surface area contributed by atoms with Crippen molar-refractivity contribution in [3.63, 3.8) is 0 Å². The molecule has 0 spiro atoms. The summed E-state index contributed by atoms with van der Waals surface area (Å²) in [5, 5.41) is 10.6. The molecule has 2 saturated heterocycles. The first-order valence-electron chi connectivity index (χ1n) is 12.6. The molecule has 3 atom stereocenters. The van der Waals surface area contributed by atoms with Crippen LogP contribution in [-0.4, -0.2) is 67.4 Å². The van der Waals surface area contributed by atoms with E-state index in [1.165, 1.54) is 22.5 Å². The predicted octanol–water partition coefficient (Wildman–Crippen LogP) is 2.91. The van der Waals surface area contributed by atoms with Gasteiger partial charge in [0.2, 0.25) is 0 Å². The summed E-state index contributed by atoms with van der Waals surface area (Å²) < 4.78 is 5.64. The lowest BCUT2D eigenvalue weighted by atomic mass is 9.89. The van der Waals surface area contributed by atoms with Crippen molar-refractivity contribution in [2.24, 2.45) is 5.73 Å². The second-order valence-corrected chi connectivity index (χ2v) is 10.2. The van der Waals surface area contributed by atoms with E-state index < -0.39 is 0 Å². The summed E-state index contributed by atoms with van der Waals surface area (Å²) in [6.07, 6.45) is 2.82. The highest BCUT2D eigenvalue weighted by Crippen LogP contribution is 2.35. The Labute approximate surface area is 206 Å². The van der Waals surface area contributed by atoms with Crippen LogP contribution in [0.25, 0.3) is 10.9 Å². The Morgan fingerprint density at radius 3 is 2.89 bits per heavy atom. The normalized spacial score (nSPS) is 25.0. The molecular formula is C28H32N6O. The number of anilines is 2. The van der Waals surface area contributed by atoms with E-state index in [4.69, 9.17) is 10.5 Å². The van der Waals surface area contributed by atoms with Gasteiger partial charge in [0.15, 0.2) is 0 Å². The molecule has 4 heterocycles. The third-order valence-corrected chi connectivity index (χ3v) is 7.81. The SMILES string of the molecule is C[C@@H]1CN(c2ccc(C#N)c3ncccc23)C[C@@H]2Cc3ccc(N4CCOCC(N)C4)cc3CN21. The molecule has 0 bridgehead atoms. The summed E-state index contributed by atoms with van der Waals surface area (Å²) >= 11 is 0. The van der Waals surface area contributed by atoms with Crippen LogP contribution >= 0.6 is 0 Å². The maximum atomic E-state index is 9.53. The van der Waals surface area contributed by atoms with Gasteiger partial charge in [-0.25, -0.2) is 0 Å². The fraction of sp³-hybridized carbons (Fsp3) is 0.429. The topological polar surface area (TPSA) is 81.6 Å². The quantitative estimate of drug-likeness (QED) is 0.619. The fourth-order valence-corrected chi connectivity index (χ4v) is 6.08. The molecule has 7 nitrogen and oxygen atoms in total. The number of rotatable bonds is 2. The highest BCUT2D eigenvalue weighted by molar-refractivity contribution is 5.95. The van der Waals surface area contributed by atoms with Gasteiger partial charge in [-0.3, -0.25) is 9.88 Å². The molecule has 6 rings (SSSR count). The van der Waals surface area contributed by atoms with Gasteiger partial charge in [-0.15, -0.1) is 0 Å². The molecule has 3 aromatic rings. The predicted molar refractivity (Wildman–Crippen MR) is 139 cm³/mol. The zero-order valence-electron chi connectivity index (χ0n) is 20.2. The zero-order chi connectivity index (χ0) is 23.9. The summed E-state index contributed by atoms with van der Waals surface area (Å²) in [6, 6.07) is 18.3. The molecule has 1 aromatic heterocycles. The lowest BCUT2D eigenvalue weighted by Gasteiger charge is -2.49. The Bertz CT molecular complexity index is 1290. The molecule has 2 fully saturated rings. The molecule has 1 unspecified atom stereocenters. The van der Waals surface area contributed by atoms with Crippen LogP contribution in [0.1, 0.15) is 23.6 Å². The number of piperazine rings is 1. The summed E-state index contributed by atoms with van der Waals surface area (Å²) in [7, 11) is 0. The van der Waals surface area contributed by atoms with Crippen LogP contribution in [0.15, 0.2) is 48.7 Å². The minimum Gasteiger partial charge on any atom is -0.378 e. The van der Waals surface area contributed by atoms with Crippen molar-refractivity contribution in [3.8, 4) is 6.07 Å². The number of ether oxygens (including phenoxy) is 1. The molecule has 0 saturated carbocycles. The van der Waals surface area contributed by atoms with E-state index in [0.717, 1.165) is 56.7 Å². The van der Waals surface area contributed by atoms with Crippen molar-refractivity contribution >= 4 is 22.3 Å². The van der Waals surface area contributed by atoms with Crippen molar-refractivity contribution in [2.75, 3.05) is 49.2 Å². The van der Waals surface area contributed by atoms with Crippen LogP contribution in [0.3, 0.4) is 0 Å². The first-order valence-corrected chi connectivity index (χ1v) is 12.6. The number of pyridine rings is 1. The minimum atomic E-state index is 0.0551. The van der Waals surface area contributed by atoms with Gasteiger partial charge in [-0.05, 0) is 60.9 Å². The molecule has 7 heteroatoms. The summed E-state index contributed by atoms with van der Waals surface area (Å²) in [5.74, 6) is 0. The molecule has 0 radical (unpaired) electrons. The van der Waals surface area contributed by atoms with E-state index in [0.29, 0.717) is 24.3 Å². The van der Waals surface area contributed by atoms with Gasteiger partial charge in [0.1, 0.15) is 6.07 Å². The lowest BCUT2D eigenvalue weighted by Crippen LogP contribution is -2.59. The van der Waals surface area contributed by atoms with Crippen LogP contribution in [0.2, 0.25) is 0 Å². The van der Waals surface area contributed by atoms with E-state index in [9.17, 15) is 5.26 Å². The Morgan fingerprint density at radius 1 is 1.09 bits per heavy atom. The first kappa shape index (κ1) is 22.3. The Morgan fingerprint density at radius 2 is 2.00 bits per heavy atom. The van der Waals surface area contributed by atoms with E-state index in [1.54, 1.807) is 6.20 Å². The van der Waals surface area contributed by atoms with Gasteiger partial charge in [-0.1, -0.05) is 6.07 Å². The number of hydrogen-bond acceptors (Lipinski definition) is 7. The number of nitrogens with zero attached hydrogens (tertiary/aromatic N) is 5. The number of hydrogen-bond donors (Lipinski definition) is 1. The molecule has 2 aromatic carbocycles. The maximum absolute atomic E-state index is 9.53. The van der Waals surface area contributed by atoms with Crippen molar-refractivity contribution in [3.05, 3.63) is 65.4 Å².